The molecule has 1 aliphatic rings. The van der Waals surface area contributed by atoms with Crippen molar-refractivity contribution < 1.29 is 4.79 Å². The molecule has 0 spiro atoms. The lowest BCUT2D eigenvalue weighted by atomic mass is 10.1. The zero-order valence-corrected chi connectivity index (χ0v) is 13.4. The van der Waals surface area contributed by atoms with E-state index in [2.05, 4.69) is 16.4 Å². The first-order valence-electron chi connectivity index (χ1n) is 8.01. The van der Waals surface area contributed by atoms with Gasteiger partial charge in [0.15, 0.2) is 0 Å². The van der Waals surface area contributed by atoms with Crippen LogP contribution in [0.3, 0.4) is 0 Å². The molecule has 0 atom stereocenters. The smallest absolute Gasteiger partial charge is 0.254 e. The van der Waals surface area contributed by atoms with Gasteiger partial charge in [-0.15, -0.1) is 5.10 Å². The third-order valence-corrected chi connectivity index (χ3v) is 4.36. The first-order valence-corrected chi connectivity index (χ1v) is 8.01. The third-order valence-electron chi connectivity index (χ3n) is 4.36. The van der Waals surface area contributed by atoms with Gasteiger partial charge in [0, 0.05) is 24.2 Å². The maximum atomic E-state index is 12.4. The lowest BCUT2D eigenvalue weighted by molar-refractivity contribution is 0.0498. The van der Waals surface area contributed by atoms with Crippen molar-refractivity contribution in [2.24, 2.45) is 0 Å². The Kier molecular flexibility index (Phi) is 3.75. The van der Waals surface area contributed by atoms with Gasteiger partial charge in [-0.3, -0.25) is 4.79 Å². The molecule has 2 heterocycles. The summed E-state index contributed by atoms with van der Waals surface area (Å²) in [7, 11) is 0. The van der Waals surface area contributed by atoms with E-state index in [-0.39, 0.29) is 11.9 Å². The Hall–Kier alpha value is -3.46. The van der Waals surface area contributed by atoms with E-state index in [1.807, 2.05) is 41.2 Å². The van der Waals surface area contributed by atoms with Crippen LogP contribution >= 0.6 is 0 Å². The number of benzene rings is 2. The quantitative estimate of drug-likeness (QED) is 0.740. The molecule has 0 N–H and O–H groups in total. The van der Waals surface area contributed by atoms with E-state index in [0.29, 0.717) is 24.2 Å². The Balaban J connectivity index is 1.41. The lowest BCUT2D eigenvalue weighted by Crippen LogP contribution is -2.50. The Morgan fingerprint density at radius 1 is 1.08 bits per heavy atom. The van der Waals surface area contributed by atoms with E-state index >= 15 is 0 Å². The standard InChI is InChI=1S/C19H15N5O/c20-10-14-6-8-16(9-7-14)19(25)23-11-17(12-23)24-13-18(21-22-24)15-4-2-1-3-5-15/h1-9,13,17H,11-12H2. The molecule has 0 unspecified atom stereocenters. The molecule has 25 heavy (non-hydrogen) atoms. The molecule has 0 radical (unpaired) electrons. The summed E-state index contributed by atoms with van der Waals surface area (Å²) in [5.41, 5.74) is 3.01. The summed E-state index contributed by atoms with van der Waals surface area (Å²) in [5, 5.41) is 17.2. The van der Waals surface area contributed by atoms with Crippen LogP contribution in [0.25, 0.3) is 11.3 Å². The van der Waals surface area contributed by atoms with Crippen molar-refractivity contribution >= 4 is 5.91 Å². The second-order valence-electron chi connectivity index (χ2n) is 6.00. The van der Waals surface area contributed by atoms with Gasteiger partial charge in [-0.05, 0) is 24.3 Å². The molecular formula is C19H15N5O. The van der Waals surface area contributed by atoms with E-state index in [9.17, 15) is 4.79 Å². The minimum absolute atomic E-state index is 0.0239. The fraction of sp³-hybridized carbons (Fsp3) is 0.158. The molecule has 0 saturated carbocycles. The van der Waals surface area contributed by atoms with E-state index < -0.39 is 0 Å². The molecule has 1 saturated heterocycles. The summed E-state index contributed by atoms with van der Waals surface area (Å²) in [4.78, 5) is 14.2. The second kappa shape index (κ2) is 6.21. The molecule has 3 aromatic rings. The molecule has 0 bridgehead atoms. The van der Waals surface area contributed by atoms with Crippen LogP contribution in [0.2, 0.25) is 0 Å². The number of nitriles is 1. The zero-order valence-electron chi connectivity index (χ0n) is 13.4. The van der Waals surface area contributed by atoms with Crippen molar-refractivity contribution in [3.05, 3.63) is 71.9 Å². The fourth-order valence-electron chi connectivity index (χ4n) is 2.85. The average Bonchev–Trinajstić information content (AvgIpc) is 3.11. The molecule has 4 rings (SSSR count). The second-order valence-corrected chi connectivity index (χ2v) is 6.00. The molecule has 1 fully saturated rings. The minimum Gasteiger partial charge on any atom is -0.334 e. The number of likely N-dealkylation sites (tertiary alicyclic amines) is 1. The molecule has 1 amide bonds. The largest absolute Gasteiger partial charge is 0.334 e. The van der Waals surface area contributed by atoms with Gasteiger partial charge in [0.25, 0.3) is 5.91 Å². The Labute approximate surface area is 144 Å². The first-order chi connectivity index (χ1) is 12.2. The fourth-order valence-corrected chi connectivity index (χ4v) is 2.85. The molecule has 0 aliphatic carbocycles. The van der Waals surface area contributed by atoms with E-state index in [4.69, 9.17) is 5.26 Å². The van der Waals surface area contributed by atoms with Gasteiger partial charge in [0.05, 0.1) is 23.9 Å². The monoisotopic (exact) mass is 329 g/mol. The topological polar surface area (TPSA) is 74.8 Å². The molecule has 6 heteroatoms. The number of amides is 1. The van der Waals surface area contributed by atoms with Crippen LogP contribution in [0.1, 0.15) is 22.0 Å². The van der Waals surface area contributed by atoms with Gasteiger partial charge < -0.3 is 4.90 Å². The summed E-state index contributed by atoms with van der Waals surface area (Å²) >= 11 is 0. The maximum Gasteiger partial charge on any atom is 0.254 e. The van der Waals surface area contributed by atoms with E-state index in [1.54, 1.807) is 29.2 Å². The highest BCUT2D eigenvalue weighted by Crippen LogP contribution is 2.24. The summed E-state index contributed by atoms with van der Waals surface area (Å²) in [6.45, 7) is 1.22. The molecule has 2 aromatic carbocycles. The number of hydrogen-bond acceptors (Lipinski definition) is 4. The summed E-state index contributed by atoms with van der Waals surface area (Å²) in [6.07, 6.45) is 1.92. The summed E-state index contributed by atoms with van der Waals surface area (Å²) in [6, 6.07) is 18.8. The van der Waals surface area contributed by atoms with Crippen LogP contribution in [0.15, 0.2) is 60.8 Å². The zero-order chi connectivity index (χ0) is 17.2. The van der Waals surface area contributed by atoms with E-state index in [0.717, 1.165) is 11.3 Å². The van der Waals surface area contributed by atoms with Crippen molar-refractivity contribution in [3.63, 3.8) is 0 Å². The highest BCUT2D eigenvalue weighted by molar-refractivity contribution is 5.94. The maximum absolute atomic E-state index is 12.4. The van der Waals surface area contributed by atoms with Crippen LogP contribution in [-0.4, -0.2) is 38.9 Å². The first kappa shape index (κ1) is 15.1. The molecule has 1 aliphatic heterocycles. The molecule has 6 nitrogen and oxygen atoms in total. The van der Waals surface area contributed by atoms with Crippen LogP contribution in [0.5, 0.6) is 0 Å². The van der Waals surface area contributed by atoms with E-state index in [1.165, 1.54) is 0 Å². The highest BCUT2D eigenvalue weighted by atomic mass is 16.2. The summed E-state index contributed by atoms with van der Waals surface area (Å²) < 4.78 is 1.82. The van der Waals surface area contributed by atoms with Gasteiger partial charge >= 0.3 is 0 Å². The summed E-state index contributed by atoms with van der Waals surface area (Å²) in [5.74, 6) is -0.0239. The van der Waals surface area contributed by atoms with Crippen molar-refractivity contribution in [1.82, 2.24) is 19.9 Å². The predicted molar refractivity (Wildman–Crippen MR) is 91.6 cm³/mol. The average molecular weight is 329 g/mol. The van der Waals surface area contributed by atoms with Gasteiger partial charge in [-0.25, -0.2) is 4.68 Å². The lowest BCUT2D eigenvalue weighted by Gasteiger charge is -2.38. The number of carbonyl (C=O) groups excluding carboxylic acids is 1. The minimum atomic E-state index is -0.0239. The van der Waals surface area contributed by atoms with Crippen LogP contribution < -0.4 is 0 Å². The van der Waals surface area contributed by atoms with Crippen LogP contribution in [0.4, 0.5) is 0 Å². The number of nitrogens with zero attached hydrogens (tertiary/aromatic N) is 5. The van der Waals surface area contributed by atoms with Crippen molar-refractivity contribution in [3.8, 4) is 17.3 Å². The number of aromatic nitrogens is 3. The van der Waals surface area contributed by atoms with Gasteiger partial charge in [0.1, 0.15) is 5.69 Å². The van der Waals surface area contributed by atoms with Crippen molar-refractivity contribution in [2.75, 3.05) is 13.1 Å². The number of rotatable bonds is 3. The van der Waals surface area contributed by atoms with Gasteiger partial charge in [-0.2, -0.15) is 5.26 Å². The molecule has 1 aromatic heterocycles. The predicted octanol–water partition coefficient (Wildman–Crippen LogP) is 2.51. The Morgan fingerprint density at radius 3 is 2.48 bits per heavy atom. The molecule has 122 valence electrons. The normalized spacial score (nSPS) is 14.0. The van der Waals surface area contributed by atoms with Crippen LogP contribution in [0, 0.1) is 11.3 Å². The Bertz CT molecular complexity index is 934. The Morgan fingerprint density at radius 2 is 1.80 bits per heavy atom. The molecular weight excluding hydrogens is 314 g/mol. The SMILES string of the molecule is N#Cc1ccc(C(=O)N2CC(n3cc(-c4ccccc4)nn3)C2)cc1. The van der Waals surface area contributed by atoms with Crippen molar-refractivity contribution in [2.45, 2.75) is 6.04 Å². The van der Waals surface area contributed by atoms with Gasteiger partial charge in [0.2, 0.25) is 0 Å². The van der Waals surface area contributed by atoms with Gasteiger partial charge in [-0.1, -0.05) is 35.5 Å². The third kappa shape index (κ3) is 2.88. The van der Waals surface area contributed by atoms with Crippen molar-refractivity contribution in [1.29, 1.82) is 5.26 Å². The van der Waals surface area contributed by atoms with Crippen LogP contribution in [-0.2, 0) is 0 Å². The number of hydrogen-bond donors (Lipinski definition) is 0. The highest BCUT2D eigenvalue weighted by Gasteiger charge is 2.33. The number of carbonyl (C=O) groups is 1.